The van der Waals surface area contributed by atoms with E-state index in [0.29, 0.717) is 0 Å². The van der Waals surface area contributed by atoms with Crippen LogP contribution < -0.4 is 4.90 Å². The number of benzene rings is 1. The van der Waals surface area contributed by atoms with Crippen LogP contribution in [0, 0.1) is 0 Å². The molecule has 2 rings (SSSR count). The smallest absolute Gasteiger partial charge is 0.227 e. The van der Waals surface area contributed by atoms with Gasteiger partial charge in [0.2, 0.25) is 5.13 Å². The van der Waals surface area contributed by atoms with E-state index < -0.39 is 0 Å². The van der Waals surface area contributed by atoms with Crippen molar-refractivity contribution in [1.29, 1.82) is 0 Å². The summed E-state index contributed by atoms with van der Waals surface area (Å²) in [4.78, 5) is 2.06. The predicted molar refractivity (Wildman–Crippen MR) is 68.8 cm³/mol. The Morgan fingerprint density at radius 1 is 1.31 bits per heavy atom. The number of halogens is 1. The number of rotatable bonds is 4. The SMILES string of the molecule is CN(CCc1ccc(Br)cc1)c1nnns1. The summed E-state index contributed by atoms with van der Waals surface area (Å²) in [5, 5.41) is 8.36. The van der Waals surface area contributed by atoms with E-state index in [9.17, 15) is 0 Å². The van der Waals surface area contributed by atoms with Crippen LogP contribution in [0.25, 0.3) is 0 Å². The first-order valence-electron chi connectivity index (χ1n) is 4.86. The monoisotopic (exact) mass is 298 g/mol. The van der Waals surface area contributed by atoms with Crippen LogP contribution in [-0.4, -0.2) is 28.4 Å². The van der Waals surface area contributed by atoms with Crippen molar-refractivity contribution < 1.29 is 0 Å². The van der Waals surface area contributed by atoms with Crippen molar-refractivity contribution in [1.82, 2.24) is 14.8 Å². The molecule has 0 saturated carbocycles. The largest absolute Gasteiger partial charge is 0.348 e. The number of hydrogen-bond donors (Lipinski definition) is 0. The molecule has 0 saturated heterocycles. The lowest BCUT2D eigenvalue weighted by Gasteiger charge is -2.13. The van der Waals surface area contributed by atoms with Gasteiger partial charge in [-0.3, -0.25) is 0 Å². The summed E-state index contributed by atoms with van der Waals surface area (Å²) in [6.07, 6.45) is 0.989. The van der Waals surface area contributed by atoms with Crippen LogP contribution in [0.5, 0.6) is 0 Å². The highest BCUT2D eigenvalue weighted by Crippen LogP contribution is 2.14. The van der Waals surface area contributed by atoms with Crippen LogP contribution in [0.1, 0.15) is 5.56 Å². The number of likely N-dealkylation sites (N-methyl/N-ethyl adjacent to an activating group) is 1. The minimum atomic E-state index is 0.858. The van der Waals surface area contributed by atoms with Crippen LogP contribution in [-0.2, 0) is 6.42 Å². The van der Waals surface area contributed by atoms with Gasteiger partial charge in [0.05, 0.1) is 0 Å². The Bertz CT molecular complexity index is 429. The maximum Gasteiger partial charge on any atom is 0.227 e. The average molecular weight is 299 g/mol. The van der Waals surface area contributed by atoms with Crippen molar-refractivity contribution in [2.45, 2.75) is 6.42 Å². The highest BCUT2D eigenvalue weighted by molar-refractivity contribution is 9.10. The fourth-order valence-corrected chi connectivity index (χ4v) is 2.03. The number of aromatic nitrogens is 3. The third-order valence-electron chi connectivity index (χ3n) is 2.26. The fourth-order valence-electron chi connectivity index (χ4n) is 1.32. The van der Waals surface area contributed by atoms with Gasteiger partial charge >= 0.3 is 0 Å². The molecule has 2 aromatic rings. The molecule has 0 atom stereocenters. The van der Waals surface area contributed by atoms with Crippen molar-refractivity contribution in [2.75, 3.05) is 18.5 Å². The van der Waals surface area contributed by atoms with Gasteiger partial charge < -0.3 is 4.90 Å². The van der Waals surface area contributed by atoms with Crippen LogP contribution >= 0.6 is 27.5 Å². The van der Waals surface area contributed by atoms with Crippen LogP contribution in [0.3, 0.4) is 0 Å². The van der Waals surface area contributed by atoms with Gasteiger partial charge in [-0.15, -0.1) is 0 Å². The van der Waals surface area contributed by atoms with E-state index in [1.54, 1.807) is 0 Å². The maximum atomic E-state index is 3.92. The van der Waals surface area contributed by atoms with Crippen molar-refractivity contribution in [3.63, 3.8) is 0 Å². The van der Waals surface area contributed by atoms with Crippen molar-refractivity contribution >= 4 is 32.6 Å². The van der Waals surface area contributed by atoms with Gasteiger partial charge in [-0.1, -0.05) is 37.6 Å². The first-order valence-corrected chi connectivity index (χ1v) is 6.43. The van der Waals surface area contributed by atoms with Gasteiger partial charge in [0.15, 0.2) is 0 Å². The zero-order chi connectivity index (χ0) is 11.4. The lowest BCUT2D eigenvalue weighted by atomic mass is 10.1. The fraction of sp³-hybridized carbons (Fsp3) is 0.300. The predicted octanol–water partition coefficient (Wildman–Crippen LogP) is 2.37. The van der Waals surface area contributed by atoms with Crippen LogP contribution in [0.4, 0.5) is 5.13 Å². The molecule has 0 N–H and O–H groups in total. The Hall–Kier alpha value is -1.01. The summed E-state index contributed by atoms with van der Waals surface area (Å²) in [5.41, 5.74) is 1.31. The molecule has 0 aliphatic carbocycles. The first-order chi connectivity index (χ1) is 7.75. The van der Waals surface area contributed by atoms with E-state index in [2.05, 4.69) is 59.9 Å². The lowest BCUT2D eigenvalue weighted by Crippen LogP contribution is -2.20. The molecular formula is C10H11BrN4S. The summed E-state index contributed by atoms with van der Waals surface area (Å²) >= 11 is 4.74. The van der Waals surface area contributed by atoms with Gasteiger partial charge in [-0.05, 0) is 29.3 Å². The Morgan fingerprint density at radius 2 is 2.06 bits per heavy atom. The number of nitrogens with zero attached hydrogens (tertiary/aromatic N) is 4. The lowest BCUT2D eigenvalue weighted by molar-refractivity contribution is 0.848. The molecule has 0 spiro atoms. The summed E-state index contributed by atoms with van der Waals surface area (Å²) in [6.45, 7) is 0.915. The zero-order valence-electron chi connectivity index (χ0n) is 8.80. The molecule has 0 aliphatic rings. The Kier molecular flexibility index (Phi) is 3.84. The molecule has 84 valence electrons. The standard InChI is InChI=1S/C10H11BrN4S/c1-15(10-12-13-14-16-10)7-6-8-2-4-9(11)5-3-8/h2-5H,6-7H2,1H3. The molecule has 16 heavy (non-hydrogen) atoms. The molecule has 0 amide bonds. The van der Waals surface area contributed by atoms with Crippen LogP contribution in [0.15, 0.2) is 28.7 Å². The molecule has 0 radical (unpaired) electrons. The Labute approximate surface area is 107 Å². The van der Waals surface area contributed by atoms with Gasteiger partial charge in [0.25, 0.3) is 0 Å². The van der Waals surface area contributed by atoms with Gasteiger partial charge in [0.1, 0.15) is 0 Å². The quantitative estimate of drug-likeness (QED) is 0.869. The topological polar surface area (TPSA) is 41.9 Å². The average Bonchev–Trinajstić information content (AvgIpc) is 2.81. The molecule has 6 heteroatoms. The summed E-state index contributed by atoms with van der Waals surface area (Å²) in [6, 6.07) is 8.36. The summed E-state index contributed by atoms with van der Waals surface area (Å²) < 4.78 is 4.85. The number of anilines is 1. The molecule has 0 unspecified atom stereocenters. The minimum absolute atomic E-state index is 0.858. The molecule has 1 aromatic heterocycles. The molecule has 0 aliphatic heterocycles. The van der Waals surface area contributed by atoms with E-state index in [-0.39, 0.29) is 0 Å². The van der Waals surface area contributed by atoms with Gasteiger partial charge in [-0.25, -0.2) is 0 Å². The van der Waals surface area contributed by atoms with E-state index in [0.717, 1.165) is 22.6 Å². The summed E-state index contributed by atoms with van der Waals surface area (Å²) in [5.74, 6) is 0. The molecule has 0 fully saturated rings. The van der Waals surface area contributed by atoms with E-state index >= 15 is 0 Å². The molecule has 1 aromatic carbocycles. The van der Waals surface area contributed by atoms with E-state index in [1.807, 2.05) is 7.05 Å². The van der Waals surface area contributed by atoms with E-state index in [4.69, 9.17) is 0 Å². The second kappa shape index (κ2) is 5.36. The minimum Gasteiger partial charge on any atom is -0.348 e. The summed E-state index contributed by atoms with van der Waals surface area (Å²) in [7, 11) is 2.00. The third-order valence-corrected chi connectivity index (χ3v) is 3.50. The molecule has 4 nitrogen and oxygen atoms in total. The zero-order valence-corrected chi connectivity index (χ0v) is 11.2. The molecule has 1 heterocycles. The number of hydrogen-bond acceptors (Lipinski definition) is 5. The molecular weight excluding hydrogens is 288 g/mol. The Balaban J connectivity index is 1.90. The van der Waals surface area contributed by atoms with Gasteiger partial charge in [0, 0.05) is 29.6 Å². The third kappa shape index (κ3) is 2.99. The van der Waals surface area contributed by atoms with Gasteiger partial charge in [-0.2, -0.15) is 0 Å². The van der Waals surface area contributed by atoms with Crippen molar-refractivity contribution in [3.8, 4) is 0 Å². The second-order valence-electron chi connectivity index (χ2n) is 3.44. The second-order valence-corrected chi connectivity index (χ2v) is 5.07. The maximum absolute atomic E-state index is 3.92. The van der Waals surface area contributed by atoms with E-state index in [1.165, 1.54) is 17.1 Å². The normalized spacial score (nSPS) is 10.4. The molecule has 0 bridgehead atoms. The highest BCUT2D eigenvalue weighted by atomic mass is 79.9. The van der Waals surface area contributed by atoms with Crippen molar-refractivity contribution in [2.24, 2.45) is 0 Å². The van der Waals surface area contributed by atoms with Crippen LogP contribution in [0.2, 0.25) is 0 Å². The Morgan fingerprint density at radius 3 is 2.69 bits per heavy atom. The first kappa shape index (κ1) is 11.5. The highest BCUT2D eigenvalue weighted by Gasteiger charge is 2.05. The van der Waals surface area contributed by atoms with Crippen molar-refractivity contribution in [3.05, 3.63) is 34.3 Å².